The van der Waals surface area contributed by atoms with E-state index < -0.39 is 7.37 Å². The van der Waals surface area contributed by atoms with E-state index >= 15 is 0 Å². The highest BCUT2D eigenvalue weighted by atomic mass is 31.2. The molecule has 0 bridgehead atoms. The van der Waals surface area contributed by atoms with Crippen LogP contribution in [0, 0.1) is 0 Å². The summed E-state index contributed by atoms with van der Waals surface area (Å²) in [5, 5.41) is 0.684. The molecule has 11 heteroatoms. The Bertz CT molecular complexity index is 1350. The van der Waals surface area contributed by atoms with Crippen LogP contribution in [0.15, 0.2) is 54.6 Å². The number of methoxy groups -OCH3 is 2. The first-order chi connectivity index (χ1) is 17.0. The fraction of sp³-hybridized carbons (Fsp3) is 0.292. The number of hydrogen-bond acceptors (Lipinski definition) is 9. The molecular formula is C24H28N5O5P. The lowest BCUT2D eigenvalue weighted by Crippen LogP contribution is -2.10. The zero-order valence-corrected chi connectivity index (χ0v) is 20.8. The number of rotatable bonds is 11. The quantitative estimate of drug-likeness (QED) is 0.246. The molecule has 0 aliphatic carbocycles. The highest BCUT2D eigenvalue weighted by molar-refractivity contribution is 7.66. The number of nitrogens with two attached hydrogens (primary N) is 1. The van der Waals surface area contributed by atoms with E-state index in [4.69, 9.17) is 24.5 Å². The largest absolute Gasteiger partial charge is 0.468 e. The third-order valence-corrected chi connectivity index (χ3v) is 7.89. The lowest BCUT2D eigenvalue weighted by Gasteiger charge is -2.17. The average Bonchev–Trinajstić information content (AvgIpc) is 3.23. The summed E-state index contributed by atoms with van der Waals surface area (Å²) in [5.74, 6) is 0.192. The summed E-state index contributed by atoms with van der Waals surface area (Å²) in [6.07, 6.45) is 0.274. The molecule has 0 aliphatic heterocycles. The minimum Gasteiger partial charge on any atom is -0.468 e. The average molecular weight is 497 g/mol. The molecule has 10 nitrogen and oxygen atoms in total. The molecule has 4 rings (SSSR count). The second-order valence-corrected chi connectivity index (χ2v) is 10.3. The van der Waals surface area contributed by atoms with Crippen molar-refractivity contribution in [1.82, 2.24) is 19.5 Å². The lowest BCUT2D eigenvalue weighted by atomic mass is 10.1. The number of ether oxygens (including phenoxy) is 3. The second-order valence-electron chi connectivity index (χ2n) is 7.76. The first-order valence-electron chi connectivity index (χ1n) is 10.9. The highest BCUT2D eigenvalue weighted by Crippen LogP contribution is 2.48. The zero-order chi connectivity index (χ0) is 24.8. The number of fused-ring (bicyclic) bond motifs is 1. The summed E-state index contributed by atoms with van der Waals surface area (Å²) >= 11 is 0. The maximum Gasteiger partial charge on any atom is 0.320 e. The lowest BCUT2D eigenvalue weighted by molar-refractivity contribution is 0.141. The maximum absolute atomic E-state index is 13.5. The molecule has 0 saturated heterocycles. The van der Waals surface area contributed by atoms with Crippen LogP contribution in [-0.4, -0.2) is 54.1 Å². The van der Waals surface area contributed by atoms with Gasteiger partial charge in [-0.05, 0) is 23.3 Å². The normalized spacial score (nSPS) is 13.0. The third kappa shape index (κ3) is 5.45. The van der Waals surface area contributed by atoms with Crippen LogP contribution in [0.5, 0.6) is 12.0 Å². The van der Waals surface area contributed by atoms with Gasteiger partial charge in [0.05, 0.1) is 26.4 Å². The second kappa shape index (κ2) is 10.9. The highest BCUT2D eigenvalue weighted by Gasteiger charge is 2.25. The summed E-state index contributed by atoms with van der Waals surface area (Å²) in [7, 11) is 1.54. The third-order valence-electron chi connectivity index (χ3n) is 5.43. The van der Waals surface area contributed by atoms with Crippen molar-refractivity contribution in [2.24, 2.45) is 0 Å². The van der Waals surface area contributed by atoms with Crippen molar-refractivity contribution in [1.29, 1.82) is 0 Å². The van der Waals surface area contributed by atoms with Gasteiger partial charge in [-0.2, -0.15) is 15.0 Å². The summed E-state index contributed by atoms with van der Waals surface area (Å²) in [6.45, 7) is 1.07. The zero-order valence-electron chi connectivity index (χ0n) is 19.9. The standard InChI is InChI=1S/C24H28N5O5P/c1-31-12-13-34-23-27-21(25)20-22(28-23)29(24(26-20)32-2)15-17-8-7-9-18(14-17)16-35(30,33-3)19-10-5-4-6-11-19/h4-11,14H,12-13,15-16H2,1-3H3,(H2,25,27,28). The van der Waals surface area contributed by atoms with Gasteiger partial charge in [0.15, 0.2) is 17.0 Å². The number of anilines is 1. The van der Waals surface area contributed by atoms with Crippen LogP contribution in [0.25, 0.3) is 11.2 Å². The topological polar surface area (TPSA) is 124 Å². The predicted molar refractivity (Wildman–Crippen MR) is 134 cm³/mol. The number of nitrogens with zero attached hydrogens (tertiary/aromatic N) is 4. The predicted octanol–water partition coefficient (Wildman–Crippen LogP) is 3.24. The monoisotopic (exact) mass is 497 g/mol. The van der Waals surface area contributed by atoms with Crippen LogP contribution >= 0.6 is 7.37 Å². The van der Waals surface area contributed by atoms with Gasteiger partial charge >= 0.3 is 6.01 Å². The van der Waals surface area contributed by atoms with Crippen molar-refractivity contribution in [3.8, 4) is 12.0 Å². The Hall–Kier alpha value is -3.46. The first-order valence-corrected chi connectivity index (χ1v) is 12.8. The molecule has 0 spiro atoms. The van der Waals surface area contributed by atoms with E-state index in [-0.39, 0.29) is 24.6 Å². The molecule has 2 aromatic heterocycles. The van der Waals surface area contributed by atoms with Gasteiger partial charge in [-0.15, -0.1) is 0 Å². The molecule has 2 N–H and O–H groups in total. The number of nitrogen functional groups attached to an aromatic ring is 1. The van der Waals surface area contributed by atoms with Crippen LogP contribution in [0.3, 0.4) is 0 Å². The number of imidazole rings is 1. The Morgan fingerprint density at radius 3 is 2.43 bits per heavy atom. The molecule has 35 heavy (non-hydrogen) atoms. The molecule has 184 valence electrons. The van der Waals surface area contributed by atoms with Gasteiger partial charge < -0.3 is 24.5 Å². The van der Waals surface area contributed by atoms with E-state index in [0.29, 0.717) is 35.6 Å². The fourth-order valence-electron chi connectivity index (χ4n) is 3.73. The molecule has 1 unspecified atom stereocenters. The van der Waals surface area contributed by atoms with Crippen molar-refractivity contribution in [3.63, 3.8) is 0 Å². The molecular weight excluding hydrogens is 469 g/mol. The van der Waals surface area contributed by atoms with E-state index in [1.807, 2.05) is 54.6 Å². The van der Waals surface area contributed by atoms with Crippen LogP contribution in [-0.2, 0) is 26.5 Å². The Labute approximate surface area is 203 Å². The minimum absolute atomic E-state index is 0.133. The Kier molecular flexibility index (Phi) is 7.65. The van der Waals surface area contributed by atoms with Crippen molar-refractivity contribution < 1.29 is 23.3 Å². The molecule has 2 aromatic carbocycles. The van der Waals surface area contributed by atoms with Crippen LogP contribution in [0.2, 0.25) is 0 Å². The van der Waals surface area contributed by atoms with E-state index in [9.17, 15) is 4.57 Å². The minimum atomic E-state index is -3.05. The van der Waals surface area contributed by atoms with E-state index in [0.717, 1.165) is 11.1 Å². The van der Waals surface area contributed by atoms with Gasteiger partial charge in [0, 0.05) is 19.5 Å². The molecule has 0 radical (unpaired) electrons. The number of aromatic nitrogens is 4. The van der Waals surface area contributed by atoms with Gasteiger partial charge in [-0.1, -0.05) is 42.5 Å². The molecule has 0 saturated carbocycles. The van der Waals surface area contributed by atoms with Crippen molar-refractivity contribution in [2.75, 3.05) is 40.3 Å². The van der Waals surface area contributed by atoms with Crippen molar-refractivity contribution >= 4 is 29.7 Å². The first kappa shape index (κ1) is 24.7. The summed E-state index contributed by atoms with van der Waals surface area (Å²) < 4.78 is 36.9. The Morgan fingerprint density at radius 1 is 0.943 bits per heavy atom. The summed E-state index contributed by atoms with van der Waals surface area (Å²) in [5.41, 5.74) is 8.85. The van der Waals surface area contributed by atoms with Gasteiger partial charge in [0.25, 0.3) is 6.01 Å². The van der Waals surface area contributed by atoms with E-state index in [1.165, 1.54) is 14.2 Å². The Morgan fingerprint density at radius 2 is 1.71 bits per heavy atom. The van der Waals surface area contributed by atoms with Gasteiger partial charge in [-0.3, -0.25) is 9.13 Å². The van der Waals surface area contributed by atoms with Gasteiger partial charge in [0.2, 0.25) is 7.37 Å². The molecule has 2 heterocycles. The molecule has 0 amide bonds. The van der Waals surface area contributed by atoms with Crippen molar-refractivity contribution in [3.05, 3.63) is 65.7 Å². The Balaban J connectivity index is 1.65. The smallest absolute Gasteiger partial charge is 0.320 e. The number of hydrogen-bond donors (Lipinski definition) is 1. The van der Waals surface area contributed by atoms with Crippen molar-refractivity contribution in [2.45, 2.75) is 12.7 Å². The SMILES string of the molecule is COCCOc1nc(N)c2nc(OC)n(Cc3cccc(CP(=O)(OC)c4ccccc4)c3)c2n1. The maximum atomic E-state index is 13.5. The van der Waals surface area contributed by atoms with Crippen LogP contribution < -0.4 is 20.5 Å². The molecule has 1 atom stereocenters. The molecule has 4 aromatic rings. The van der Waals surface area contributed by atoms with E-state index in [2.05, 4.69) is 15.0 Å². The van der Waals surface area contributed by atoms with Crippen LogP contribution in [0.1, 0.15) is 11.1 Å². The summed E-state index contributed by atoms with van der Waals surface area (Å²) in [4.78, 5) is 13.1. The van der Waals surface area contributed by atoms with Crippen LogP contribution in [0.4, 0.5) is 5.82 Å². The van der Waals surface area contributed by atoms with Gasteiger partial charge in [0.1, 0.15) is 6.61 Å². The number of benzene rings is 2. The summed E-state index contributed by atoms with van der Waals surface area (Å²) in [6, 6.07) is 17.5. The van der Waals surface area contributed by atoms with E-state index in [1.54, 1.807) is 11.7 Å². The molecule has 0 aliphatic rings. The molecule has 0 fully saturated rings. The van der Waals surface area contributed by atoms with Gasteiger partial charge in [-0.25, -0.2) is 0 Å². The fourth-order valence-corrected chi connectivity index (χ4v) is 5.55.